The van der Waals surface area contributed by atoms with Gasteiger partial charge in [0, 0.05) is 49.1 Å². The Morgan fingerprint density at radius 1 is 0.333 bits per heavy atom. The molecule has 320 valence electrons. The Morgan fingerprint density at radius 3 is 1.65 bits per heavy atom. The number of furan rings is 1. The second-order valence-electron chi connectivity index (χ2n) is 18.0. The Bertz CT molecular complexity index is 4520. The van der Waals surface area contributed by atoms with Gasteiger partial charge in [0.15, 0.2) is 17.5 Å². The Hall–Kier alpha value is -9.39. The first-order valence-electron chi connectivity index (χ1n) is 23.3. The third-order valence-electron chi connectivity index (χ3n) is 14.1. The van der Waals surface area contributed by atoms with Crippen LogP contribution < -0.4 is 0 Å². The van der Waals surface area contributed by atoms with Gasteiger partial charge < -0.3 is 13.6 Å². The lowest BCUT2D eigenvalue weighted by Gasteiger charge is -2.16. The molecule has 15 aromatic rings. The minimum absolute atomic E-state index is 0.517. The predicted octanol–water partition coefficient (Wildman–Crippen LogP) is 16.4. The maximum Gasteiger partial charge on any atom is 0.170 e. The van der Waals surface area contributed by atoms with Gasteiger partial charge in [0.2, 0.25) is 0 Å². The van der Waals surface area contributed by atoms with Crippen LogP contribution in [0.5, 0.6) is 0 Å². The Labute approximate surface area is 394 Å². The standard InChI is InChI=1S/C63H37N5O/c1-2-21-45(22-3-1)67-52-26-12-10-24-48(52)58-49(25-14-27-53(58)67)62-64-61(44-30-29-38-15-4-5-16-39(38)33-44)65-63(66-62)59-54(32-31-47-46-23-11-13-28-57(46)69-60(47)59)68-55-36-42-19-8-6-17-40(42)34-50(55)51-35-41-18-7-9-20-43(41)37-56(51)68/h1-37H. The Kier molecular flexibility index (Phi) is 7.97. The van der Waals surface area contributed by atoms with Crippen molar-refractivity contribution in [2.45, 2.75) is 0 Å². The van der Waals surface area contributed by atoms with Crippen molar-refractivity contribution in [2.24, 2.45) is 0 Å². The molecule has 11 aromatic carbocycles. The molecule has 0 aliphatic carbocycles. The van der Waals surface area contributed by atoms with Gasteiger partial charge in [0.05, 0.1) is 33.3 Å². The van der Waals surface area contributed by atoms with Gasteiger partial charge in [-0.15, -0.1) is 0 Å². The van der Waals surface area contributed by atoms with Crippen LogP contribution in [0.1, 0.15) is 0 Å². The zero-order valence-corrected chi connectivity index (χ0v) is 37.0. The summed E-state index contributed by atoms with van der Waals surface area (Å²) in [6.07, 6.45) is 0. The van der Waals surface area contributed by atoms with Gasteiger partial charge in [-0.3, -0.25) is 0 Å². The van der Waals surface area contributed by atoms with E-state index in [0.717, 1.165) is 98.8 Å². The largest absolute Gasteiger partial charge is 0.455 e. The van der Waals surface area contributed by atoms with Crippen molar-refractivity contribution in [2.75, 3.05) is 0 Å². The predicted molar refractivity (Wildman–Crippen MR) is 285 cm³/mol. The molecule has 0 amide bonds. The van der Waals surface area contributed by atoms with Crippen LogP contribution in [0.3, 0.4) is 0 Å². The van der Waals surface area contributed by atoms with Gasteiger partial charge in [-0.25, -0.2) is 15.0 Å². The van der Waals surface area contributed by atoms with Crippen molar-refractivity contribution in [3.05, 3.63) is 224 Å². The summed E-state index contributed by atoms with van der Waals surface area (Å²) in [5.41, 5.74) is 10.4. The van der Waals surface area contributed by atoms with Gasteiger partial charge >= 0.3 is 0 Å². The lowest BCUT2D eigenvalue weighted by molar-refractivity contribution is 0.669. The average molecular weight is 880 g/mol. The Morgan fingerprint density at radius 2 is 0.913 bits per heavy atom. The topological polar surface area (TPSA) is 61.7 Å². The molecule has 0 saturated carbocycles. The van der Waals surface area contributed by atoms with Crippen molar-refractivity contribution in [3.63, 3.8) is 0 Å². The van der Waals surface area contributed by atoms with Gasteiger partial charge in [-0.2, -0.15) is 0 Å². The van der Waals surface area contributed by atoms with E-state index in [9.17, 15) is 0 Å². The molecule has 69 heavy (non-hydrogen) atoms. The molecule has 0 aliphatic heterocycles. The van der Waals surface area contributed by atoms with Crippen molar-refractivity contribution >= 4 is 97.9 Å². The summed E-state index contributed by atoms with van der Waals surface area (Å²) >= 11 is 0. The smallest absolute Gasteiger partial charge is 0.170 e. The van der Waals surface area contributed by atoms with E-state index in [2.05, 4.69) is 221 Å². The first-order chi connectivity index (χ1) is 34.2. The molecule has 6 heteroatoms. The molecule has 0 fully saturated rings. The molecule has 0 bridgehead atoms. The van der Waals surface area contributed by atoms with Crippen LogP contribution in [0.15, 0.2) is 229 Å². The van der Waals surface area contributed by atoms with Crippen LogP contribution in [0.2, 0.25) is 0 Å². The molecule has 4 aromatic heterocycles. The second-order valence-corrected chi connectivity index (χ2v) is 18.0. The molecule has 0 unspecified atom stereocenters. The fraction of sp³-hybridized carbons (Fsp3) is 0. The van der Waals surface area contributed by atoms with E-state index < -0.39 is 0 Å². The average Bonchev–Trinajstić information content (AvgIpc) is 4.06. The van der Waals surface area contributed by atoms with E-state index in [0.29, 0.717) is 23.1 Å². The first-order valence-corrected chi connectivity index (χ1v) is 23.3. The maximum absolute atomic E-state index is 7.05. The number of aromatic nitrogens is 5. The van der Waals surface area contributed by atoms with Gasteiger partial charge in [-0.1, -0.05) is 152 Å². The number of hydrogen-bond donors (Lipinski definition) is 0. The van der Waals surface area contributed by atoms with Crippen molar-refractivity contribution in [3.8, 4) is 45.5 Å². The molecule has 4 heterocycles. The zero-order chi connectivity index (χ0) is 45.2. The van der Waals surface area contributed by atoms with Crippen LogP contribution in [0.4, 0.5) is 0 Å². The molecule has 0 saturated heterocycles. The Balaban J connectivity index is 1.09. The molecule has 0 spiro atoms. The van der Waals surface area contributed by atoms with Gasteiger partial charge in [0.1, 0.15) is 11.2 Å². The van der Waals surface area contributed by atoms with Crippen molar-refractivity contribution in [1.29, 1.82) is 0 Å². The minimum Gasteiger partial charge on any atom is -0.455 e. The van der Waals surface area contributed by atoms with Gasteiger partial charge in [-0.05, 0) is 105 Å². The quantitative estimate of drug-likeness (QED) is 0.173. The van der Waals surface area contributed by atoms with Crippen LogP contribution in [-0.4, -0.2) is 24.1 Å². The summed E-state index contributed by atoms with van der Waals surface area (Å²) in [5.74, 6) is 1.66. The number of benzene rings is 11. The third-order valence-corrected chi connectivity index (χ3v) is 14.1. The van der Waals surface area contributed by atoms with Crippen LogP contribution in [-0.2, 0) is 0 Å². The van der Waals surface area contributed by atoms with Crippen LogP contribution >= 0.6 is 0 Å². The lowest BCUT2D eigenvalue weighted by Crippen LogP contribution is -2.04. The number of hydrogen-bond acceptors (Lipinski definition) is 4. The van der Waals surface area contributed by atoms with Crippen LogP contribution in [0.25, 0.3) is 143 Å². The van der Waals surface area contributed by atoms with E-state index in [-0.39, 0.29) is 0 Å². The van der Waals surface area contributed by atoms with E-state index in [1.165, 1.54) is 21.5 Å². The fourth-order valence-corrected chi connectivity index (χ4v) is 11.0. The monoisotopic (exact) mass is 879 g/mol. The van der Waals surface area contributed by atoms with E-state index in [1.807, 2.05) is 12.1 Å². The zero-order valence-electron chi connectivity index (χ0n) is 37.0. The highest BCUT2D eigenvalue weighted by Gasteiger charge is 2.26. The summed E-state index contributed by atoms with van der Waals surface area (Å²) in [4.78, 5) is 16.7. The molecule has 0 aliphatic rings. The molecule has 15 rings (SSSR count). The maximum atomic E-state index is 7.05. The summed E-state index contributed by atoms with van der Waals surface area (Å²) in [5, 5.41) is 13.5. The SMILES string of the molecule is c1ccc(-n2c3ccccc3c3c(-c4nc(-c5ccc6ccccc6c5)nc(-c5c(-n6c7cc8ccccc8cc7c7cc8ccccc8cc76)ccc6c5oc5ccccc56)n4)cccc32)cc1. The summed E-state index contributed by atoms with van der Waals surface area (Å²) in [6, 6.07) is 79.8. The number of para-hydroxylation sites is 3. The van der Waals surface area contributed by atoms with Crippen LogP contribution in [0, 0.1) is 0 Å². The number of rotatable bonds is 5. The fourth-order valence-electron chi connectivity index (χ4n) is 11.0. The molecular weight excluding hydrogens is 843 g/mol. The normalized spacial score (nSPS) is 12.1. The highest BCUT2D eigenvalue weighted by molar-refractivity contribution is 6.19. The first kappa shape index (κ1) is 37.8. The van der Waals surface area contributed by atoms with E-state index >= 15 is 0 Å². The minimum atomic E-state index is 0.517. The summed E-state index contributed by atoms with van der Waals surface area (Å²) in [6.45, 7) is 0. The van der Waals surface area contributed by atoms with E-state index in [4.69, 9.17) is 19.4 Å². The lowest BCUT2D eigenvalue weighted by atomic mass is 10.0. The number of nitrogens with zero attached hydrogens (tertiary/aromatic N) is 5. The van der Waals surface area contributed by atoms with Gasteiger partial charge in [0.25, 0.3) is 0 Å². The summed E-state index contributed by atoms with van der Waals surface area (Å²) < 4.78 is 11.8. The highest BCUT2D eigenvalue weighted by atomic mass is 16.3. The summed E-state index contributed by atoms with van der Waals surface area (Å²) in [7, 11) is 0. The highest BCUT2D eigenvalue weighted by Crippen LogP contribution is 2.45. The molecule has 6 nitrogen and oxygen atoms in total. The van der Waals surface area contributed by atoms with Crippen molar-refractivity contribution < 1.29 is 4.42 Å². The molecule has 0 radical (unpaired) electrons. The number of fused-ring (bicyclic) bond motifs is 12. The molecular formula is C63H37N5O. The third kappa shape index (κ3) is 5.69. The second kappa shape index (κ2) is 14.6. The molecule has 0 atom stereocenters. The van der Waals surface area contributed by atoms with Crippen molar-refractivity contribution in [1.82, 2.24) is 24.1 Å². The van der Waals surface area contributed by atoms with E-state index in [1.54, 1.807) is 0 Å². The molecule has 0 N–H and O–H groups in total.